The van der Waals surface area contributed by atoms with Crippen LogP contribution in [0.1, 0.15) is 40.5 Å². The van der Waals surface area contributed by atoms with Gasteiger partial charge in [0.1, 0.15) is 0 Å². The van der Waals surface area contributed by atoms with Gasteiger partial charge in [-0.05, 0) is 53.7 Å². The molecule has 1 amide bonds. The Morgan fingerprint density at radius 1 is 0.966 bits per heavy atom. The number of ether oxygens (including phenoxy) is 1. The molecule has 0 aliphatic heterocycles. The first kappa shape index (κ1) is 20.5. The van der Waals surface area contributed by atoms with Crippen LogP contribution in [0.25, 0.3) is 10.8 Å². The number of benzene rings is 3. The Bertz CT molecular complexity index is 1050. The Morgan fingerprint density at radius 2 is 1.69 bits per heavy atom. The van der Waals surface area contributed by atoms with Crippen LogP contribution in [0.15, 0.2) is 66.7 Å². The molecule has 5 nitrogen and oxygen atoms in total. The molecule has 2 N–H and O–H groups in total. The first-order chi connectivity index (χ1) is 14.1. The van der Waals surface area contributed by atoms with Crippen molar-refractivity contribution in [2.75, 3.05) is 11.9 Å². The van der Waals surface area contributed by atoms with Gasteiger partial charge in [0.05, 0.1) is 17.9 Å². The van der Waals surface area contributed by atoms with Crippen molar-refractivity contribution >= 4 is 45.7 Å². The van der Waals surface area contributed by atoms with Crippen LogP contribution < -0.4 is 10.6 Å². The lowest BCUT2D eigenvalue weighted by atomic mass is 10.1. The fourth-order valence-electron chi connectivity index (χ4n) is 2.82. The van der Waals surface area contributed by atoms with Gasteiger partial charge in [-0.1, -0.05) is 55.8 Å². The van der Waals surface area contributed by atoms with Crippen molar-refractivity contribution in [3.8, 4) is 0 Å². The van der Waals surface area contributed by atoms with Gasteiger partial charge in [-0.3, -0.25) is 10.1 Å². The van der Waals surface area contributed by atoms with E-state index in [1.54, 1.807) is 30.3 Å². The van der Waals surface area contributed by atoms with E-state index in [1.807, 2.05) is 43.3 Å². The number of anilines is 1. The molecule has 6 heteroatoms. The van der Waals surface area contributed by atoms with Gasteiger partial charge in [-0.2, -0.15) is 0 Å². The topological polar surface area (TPSA) is 67.4 Å². The van der Waals surface area contributed by atoms with E-state index in [2.05, 4.69) is 10.6 Å². The molecule has 29 heavy (non-hydrogen) atoms. The number of nitrogens with one attached hydrogen (secondary N) is 2. The second-order valence-electron chi connectivity index (χ2n) is 6.51. The summed E-state index contributed by atoms with van der Waals surface area (Å²) in [7, 11) is 0. The van der Waals surface area contributed by atoms with Crippen molar-refractivity contribution in [1.29, 1.82) is 0 Å². The zero-order chi connectivity index (χ0) is 20.6. The molecule has 0 spiro atoms. The number of carbonyl (C=O) groups excluding carboxylic acids is 2. The Morgan fingerprint density at radius 3 is 2.48 bits per heavy atom. The lowest BCUT2D eigenvalue weighted by Gasteiger charge is -2.13. The van der Waals surface area contributed by atoms with Gasteiger partial charge >= 0.3 is 5.97 Å². The number of thiocarbonyl (C=S) groups is 1. The molecule has 148 valence electrons. The smallest absolute Gasteiger partial charge is 0.340 e. The van der Waals surface area contributed by atoms with E-state index in [1.165, 1.54) is 0 Å². The average molecular weight is 407 g/mol. The summed E-state index contributed by atoms with van der Waals surface area (Å²) in [5, 5.41) is 7.71. The number of unbranched alkanes of at least 4 members (excludes halogenated alkanes) is 1. The molecular formula is C23H22N2O3S. The average Bonchev–Trinajstić information content (AvgIpc) is 2.73. The number of fused-ring (bicyclic) bond motifs is 1. The van der Waals surface area contributed by atoms with Gasteiger partial charge in [0.2, 0.25) is 0 Å². The summed E-state index contributed by atoms with van der Waals surface area (Å²) in [5.41, 5.74) is 1.35. The number of hydrogen-bond acceptors (Lipinski definition) is 4. The molecule has 0 saturated heterocycles. The summed E-state index contributed by atoms with van der Waals surface area (Å²) in [6.07, 6.45) is 1.75. The van der Waals surface area contributed by atoms with Gasteiger partial charge in [-0.15, -0.1) is 0 Å². The van der Waals surface area contributed by atoms with Crippen LogP contribution in [0.2, 0.25) is 0 Å². The summed E-state index contributed by atoms with van der Waals surface area (Å²) in [6, 6.07) is 20.2. The first-order valence-corrected chi connectivity index (χ1v) is 9.86. The number of hydrogen-bond donors (Lipinski definition) is 2. The summed E-state index contributed by atoms with van der Waals surface area (Å²) >= 11 is 5.27. The molecule has 0 unspecified atom stereocenters. The predicted octanol–water partition coefficient (Wildman–Crippen LogP) is 4.92. The number of rotatable bonds is 6. The minimum absolute atomic E-state index is 0.108. The van der Waals surface area contributed by atoms with E-state index in [4.69, 9.17) is 17.0 Å². The second kappa shape index (κ2) is 9.80. The highest BCUT2D eigenvalue weighted by Gasteiger charge is 2.14. The van der Waals surface area contributed by atoms with E-state index in [-0.39, 0.29) is 11.0 Å². The summed E-state index contributed by atoms with van der Waals surface area (Å²) in [4.78, 5) is 24.8. The Balaban J connectivity index is 1.67. The maximum Gasteiger partial charge on any atom is 0.340 e. The Kier molecular flexibility index (Phi) is 6.92. The van der Waals surface area contributed by atoms with Gasteiger partial charge in [0.15, 0.2) is 5.11 Å². The van der Waals surface area contributed by atoms with E-state index in [9.17, 15) is 9.59 Å². The number of amides is 1. The molecule has 3 rings (SSSR count). The third-order valence-corrected chi connectivity index (χ3v) is 4.57. The van der Waals surface area contributed by atoms with Crippen molar-refractivity contribution in [3.63, 3.8) is 0 Å². The van der Waals surface area contributed by atoms with Crippen LogP contribution in [0.5, 0.6) is 0 Å². The molecule has 0 saturated carbocycles. The molecule has 0 heterocycles. The first-order valence-electron chi connectivity index (χ1n) is 9.46. The lowest BCUT2D eigenvalue weighted by molar-refractivity contribution is 0.0501. The third kappa shape index (κ3) is 5.39. The van der Waals surface area contributed by atoms with Gasteiger partial charge in [0.25, 0.3) is 5.91 Å². The van der Waals surface area contributed by atoms with Gasteiger partial charge in [0, 0.05) is 5.56 Å². The van der Waals surface area contributed by atoms with Crippen molar-refractivity contribution in [1.82, 2.24) is 5.32 Å². The molecule has 0 atom stereocenters. The molecule has 3 aromatic carbocycles. The summed E-state index contributed by atoms with van der Waals surface area (Å²) in [6.45, 7) is 2.40. The van der Waals surface area contributed by atoms with Crippen LogP contribution in [-0.2, 0) is 4.74 Å². The quantitative estimate of drug-likeness (QED) is 0.345. The minimum Gasteiger partial charge on any atom is -0.462 e. The van der Waals surface area contributed by atoms with Crippen molar-refractivity contribution in [2.24, 2.45) is 0 Å². The highest BCUT2D eigenvalue weighted by atomic mass is 32.1. The van der Waals surface area contributed by atoms with E-state index >= 15 is 0 Å². The second-order valence-corrected chi connectivity index (χ2v) is 6.91. The van der Waals surface area contributed by atoms with E-state index in [0.717, 1.165) is 23.6 Å². The molecule has 0 aliphatic rings. The van der Waals surface area contributed by atoms with Crippen LogP contribution in [-0.4, -0.2) is 23.6 Å². The molecule has 0 fully saturated rings. The van der Waals surface area contributed by atoms with Gasteiger partial charge < -0.3 is 10.1 Å². The van der Waals surface area contributed by atoms with Crippen molar-refractivity contribution in [3.05, 3.63) is 77.9 Å². The van der Waals surface area contributed by atoms with E-state index in [0.29, 0.717) is 23.4 Å². The zero-order valence-electron chi connectivity index (χ0n) is 16.1. The molecule has 0 aromatic heterocycles. The fraction of sp³-hybridized carbons (Fsp3) is 0.174. The predicted molar refractivity (Wildman–Crippen MR) is 119 cm³/mol. The molecule has 0 bridgehead atoms. The van der Waals surface area contributed by atoms with E-state index < -0.39 is 5.97 Å². The number of esters is 1. The van der Waals surface area contributed by atoms with Crippen molar-refractivity contribution < 1.29 is 14.3 Å². The standard InChI is InChI=1S/C23H22N2O3S/c1-2-3-14-28-22(27)19-10-6-7-11-20(19)24-23(29)25-21(26)18-13-12-16-8-4-5-9-17(16)15-18/h4-13,15H,2-3,14H2,1H3,(H2,24,25,26,29). The lowest BCUT2D eigenvalue weighted by Crippen LogP contribution is -2.34. The third-order valence-electron chi connectivity index (χ3n) is 4.36. The van der Waals surface area contributed by atoms with Crippen LogP contribution >= 0.6 is 12.2 Å². The molecular weight excluding hydrogens is 384 g/mol. The maximum atomic E-state index is 12.6. The normalized spacial score (nSPS) is 10.4. The maximum absolute atomic E-state index is 12.6. The number of para-hydroxylation sites is 1. The highest BCUT2D eigenvalue weighted by molar-refractivity contribution is 7.80. The molecule has 3 aromatic rings. The summed E-state index contributed by atoms with van der Waals surface area (Å²) < 4.78 is 5.27. The van der Waals surface area contributed by atoms with Gasteiger partial charge in [-0.25, -0.2) is 4.79 Å². The zero-order valence-corrected chi connectivity index (χ0v) is 16.9. The van der Waals surface area contributed by atoms with Crippen LogP contribution in [0.3, 0.4) is 0 Å². The molecule has 0 radical (unpaired) electrons. The highest BCUT2D eigenvalue weighted by Crippen LogP contribution is 2.17. The van der Waals surface area contributed by atoms with Crippen LogP contribution in [0.4, 0.5) is 5.69 Å². The monoisotopic (exact) mass is 406 g/mol. The SMILES string of the molecule is CCCCOC(=O)c1ccccc1NC(=S)NC(=O)c1ccc2ccccc2c1. The fourth-order valence-corrected chi connectivity index (χ4v) is 3.02. The minimum atomic E-state index is -0.426. The number of carbonyl (C=O) groups is 2. The van der Waals surface area contributed by atoms with Crippen molar-refractivity contribution in [2.45, 2.75) is 19.8 Å². The van der Waals surface area contributed by atoms with Crippen LogP contribution in [0, 0.1) is 0 Å². The Labute approximate surface area is 175 Å². The largest absolute Gasteiger partial charge is 0.462 e. The molecule has 0 aliphatic carbocycles. The summed E-state index contributed by atoms with van der Waals surface area (Å²) in [5.74, 6) is -0.749. The Hall–Kier alpha value is -3.25.